The van der Waals surface area contributed by atoms with Crippen molar-refractivity contribution >= 4 is 0 Å². The normalized spacial score (nSPS) is 13.3. The molecule has 0 bridgehead atoms. The molecule has 0 fully saturated rings. The lowest BCUT2D eigenvalue weighted by atomic mass is 10.1. The summed E-state index contributed by atoms with van der Waals surface area (Å²) in [5.74, 6) is 0. The molecule has 0 N–H and O–H groups in total. The predicted molar refractivity (Wildman–Crippen MR) is 39.7 cm³/mol. The molecule has 0 heterocycles. The molecule has 65 valence electrons. The summed E-state index contributed by atoms with van der Waals surface area (Å²) >= 11 is 0. The van der Waals surface area contributed by atoms with Crippen LogP contribution in [-0.2, 0) is 0 Å². The minimum absolute atomic E-state index is 0.286. The molecule has 0 aromatic heterocycles. The average Bonchev–Trinajstić information content (AvgIpc) is 2.05. The highest BCUT2D eigenvalue weighted by Gasteiger charge is 2.15. The number of alkyl halides is 3. The van der Waals surface area contributed by atoms with E-state index in [0.29, 0.717) is 0 Å². The van der Waals surface area contributed by atoms with Crippen molar-refractivity contribution in [3.05, 3.63) is 35.9 Å². The SMILES string of the molecule is FC(F)CC(F)c1cc[c]cc1. The molecule has 1 unspecified atom stereocenters. The summed E-state index contributed by atoms with van der Waals surface area (Å²) in [5.41, 5.74) is 0.286. The van der Waals surface area contributed by atoms with E-state index in [4.69, 9.17) is 0 Å². The van der Waals surface area contributed by atoms with Gasteiger partial charge in [0.25, 0.3) is 0 Å². The highest BCUT2D eigenvalue weighted by atomic mass is 19.3. The lowest BCUT2D eigenvalue weighted by Gasteiger charge is -2.06. The Morgan fingerprint density at radius 2 is 1.75 bits per heavy atom. The van der Waals surface area contributed by atoms with Gasteiger partial charge >= 0.3 is 0 Å². The van der Waals surface area contributed by atoms with Gasteiger partial charge in [-0.1, -0.05) is 24.3 Å². The largest absolute Gasteiger partial charge is 0.242 e. The van der Waals surface area contributed by atoms with Crippen LogP contribution in [0.5, 0.6) is 0 Å². The van der Waals surface area contributed by atoms with E-state index in [0.717, 1.165) is 0 Å². The number of hydrogen-bond donors (Lipinski definition) is 0. The Labute approximate surface area is 69.0 Å². The Morgan fingerprint density at radius 1 is 1.17 bits per heavy atom. The van der Waals surface area contributed by atoms with Crippen LogP contribution in [0.1, 0.15) is 18.2 Å². The fraction of sp³-hybridized carbons (Fsp3) is 0.333. The van der Waals surface area contributed by atoms with Crippen LogP contribution < -0.4 is 0 Å². The molecule has 1 aromatic rings. The number of rotatable bonds is 3. The molecule has 1 rings (SSSR count). The summed E-state index contributed by atoms with van der Waals surface area (Å²) in [6.07, 6.45) is -4.90. The maximum absolute atomic E-state index is 12.9. The van der Waals surface area contributed by atoms with E-state index in [1.54, 1.807) is 0 Å². The van der Waals surface area contributed by atoms with E-state index < -0.39 is 19.0 Å². The van der Waals surface area contributed by atoms with Crippen molar-refractivity contribution in [1.29, 1.82) is 0 Å². The van der Waals surface area contributed by atoms with Crippen molar-refractivity contribution in [3.8, 4) is 0 Å². The lowest BCUT2D eigenvalue weighted by molar-refractivity contribution is 0.100. The van der Waals surface area contributed by atoms with E-state index >= 15 is 0 Å². The Bertz CT molecular complexity index is 220. The van der Waals surface area contributed by atoms with Crippen LogP contribution in [-0.4, -0.2) is 6.43 Å². The molecule has 0 nitrogen and oxygen atoms in total. The van der Waals surface area contributed by atoms with Gasteiger partial charge in [0.15, 0.2) is 0 Å². The fourth-order valence-corrected chi connectivity index (χ4v) is 0.901. The zero-order chi connectivity index (χ0) is 8.97. The van der Waals surface area contributed by atoms with Gasteiger partial charge in [0.2, 0.25) is 6.43 Å². The van der Waals surface area contributed by atoms with E-state index in [-0.39, 0.29) is 5.56 Å². The molecule has 0 saturated heterocycles. The van der Waals surface area contributed by atoms with Crippen LogP contribution in [0.4, 0.5) is 13.2 Å². The first-order chi connectivity index (χ1) is 5.70. The summed E-state index contributed by atoms with van der Waals surface area (Å²) in [4.78, 5) is 0. The molecule has 0 aliphatic rings. The second kappa shape index (κ2) is 4.14. The van der Waals surface area contributed by atoms with Crippen molar-refractivity contribution in [2.45, 2.75) is 19.0 Å². The maximum Gasteiger partial charge on any atom is 0.241 e. The molecule has 1 aromatic carbocycles. The van der Waals surface area contributed by atoms with Crippen LogP contribution in [0, 0.1) is 6.07 Å². The van der Waals surface area contributed by atoms with Gasteiger partial charge in [-0.3, -0.25) is 0 Å². The molecule has 12 heavy (non-hydrogen) atoms. The summed E-state index contributed by atoms with van der Waals surface area (Å²) in [6, 6.07) is 8.60. The van der Waals surface area contributed by atoms with Gasteiger partial charge in [-0.05, 0) is 11.6 Å². The molecular formula is C9H8F3. The number of hydrogen-bond acceptors (Lipinski definition) is 0. The summed E-state index contributed by atoms with van der Waals surface area (Å²) < 4.78 is 36.3. The third kappa shape index (κ3) is 2.57. The first-order valence-electron chi connectivity index (χ1n) is 3.58. The van der Waals surface area contributed by atoms with Gasteiger partial charge in [0.05, 0.1) is 0 Å². The van der Waals surface area contributed by atoms with Gasteiger partial charge in [-0.25, -0.2) is 13.2 Å². The summed E-state index contributed by atoms with van der Waals surface area (Å²) in [5, 5.41) is 0. The first kappa shape index (κ1) is 9.10. The Kier molecular flexibility index (Phi) is 3.14. The molecule has 0 amide bonds. The van der Waals surface area contributed by atoms with Gasteiger partial charge in [0, 0.05) is 6.42 Å². The van der Waals surface area contributed by atoms with Gasteiger partial charge in [-0.15, -0.1) is 0 Å². The van der Waals surface area contributed by atoms with Crippen molar-refractivity contribution in [2.24, 2.45) is 0 Å². The predicted octanol–water partition coefficient (Wildman–Crippen LogP) is 3.15. The lowest BCUT2D eigenvalue weighted by Crippen LogP contribution is -1.98. The molecule has 0 spiro atoms. The highest BCUT2D eigenvalue weighted by molar-refractivity contribution is 5.16. The van der Waals surface area contributed by atoms with Crippen molar-refractivity contribution in [3.63, 3.8) is 0 Å². The van der Waals surface area contributed by atoms with E-state index in [1.807, 2.05) is 0 Å². The van der Waals surface area contributed by atoms with Crippen molar-refractivity contribution < 1.29 is 13.2 Å². The Morgan fingerprint density at radius 3 is 2.25 bits per heavy atom. The second-order valence-electron chi connectivity index (χ2n) is 2.43. The van der Waals surface area contributed by atoms with Gasteiger partial charge < -0.3 is 0 Å². The van der Waals surface area contributed by atoms with Crippen molar-refractivity contribution in [2.75, 3.05) is 0 Å². The quantitative estimate of drug-likeness (QED) is 0.658. The second-order valence-corrected chi connectivity index (χ2v) is 2.43. The van der Waals surface area contributed by atoms with Crippen LogP contribution >= 0.6 is 0 Å². The first-order valence-corrected chi connectivity index (χ1v) is 3.58. The summed E-state index contributed by atoms with van der Waals surface area (Å²) in [7, 11) is 0. The van der Waals surface area contributed by atoms with Crippen LogP contribution in [0.25, 0.3) is 0 Å². The number of benzene rings is 1. The minimum atomic E-state index is -2.59. The zero-order valence-electron chi connectivity index (χ0n) is 6.31. The maximum atomic E-state index is 12.9. The average molecular weight is 173 g/mol. The molecular weight excluding hydrogens is 165 g/mol. The molecule has 1 radical (unpaired) electrons. The van der Waals surface area contributed by atoms with Gasteiger partial charge in [0.1, 0.15) is 6.17 Å². The third-order valence-electron chi connectivity index (χ3n) is 1.49. The highest BCUT2D eigenvalue weighted by Crippen LogP contribution is 2.23. The van der Waals surface area contributed by atoms with Crippen LogP contribution in [0.3, 0.4) is 0 Å². The Balaban J connectivity index is 2.59. The van der Waals surface area contributed by atoms with E-state index in [1.165, 1.54) is 24.3 Å². The molecule has 0 aliphatic carbocycles. The van der Waals surface area contributed by atoms with E-state index in [9.17, 15) is 13.2 Å². The standard InChI is InChI=1S/C9H8F3/c10-8(6-9(11)12)7-4-2-1-3-5-7/h2-5,8-9H,6H2. The molecule has 0 saturated carbocycles. The van der Waals surface area contributed by atoms with Gasteiger partial charge in [-0.2, -0.15) is 0 Å². The zero-order valence-corrected chi connectivity index (χ0v) is 6.31. The smallest absolute Gasteiger partial charge is 0.241 e. The molecule has 1 atom stereocenters. The van der Waals surface area contributed by atoms with E-state index in [2.05, 4.69) is 6.07 Å². The van der Waals surface area contributed by atoms with Crippen molar-refractivity contribution in [1.82, 2.24) is 0 Å². The van der Waals surface area contributed by atoms with Crippen LogP contribution in [0.2, 0.25) is 0 Å². The number of halogens is 3. The fourth-order valence-electron chi connectivity index (χ4n) is 0.901. The molecule has 0 aliphatic heterocycles. The topological polar surface area (TPSA) is 0 Å². The Hall–Kier alpha value is -0.990. The minimum Gasteiger partial charge on any atom is -0.242 e. The molecule has 3 heteroatoms. The summed E-state index contributed by atoms with van der Waals surface area (Å²) in [6.45, 7) is 0. The third-order valence-corrected chi connectivity index (χ3v) is 1.49. The van der Waals surface area contributed by atoms with Crippen LogP contribution in [0.15, 0.2) is 24.3 Å². The monoisotopic (exact) mass is 173 g/mol.